The number of nitrogens with two attached hydrogens (primary N) is 1. The minimum absolute atomic E-state index is 0.114. The van der Waals surface area contributed by atoms with Gasteiger partial charge < -0.3 is 20.5 Å². The lowest BCUT2D eigenvalue weighted by molar-refractivity contribution is -0.153. The summed E-state index contributed by atoms with van der Waals surface area (Å²) in [6, 6.07) is 4.42. The summed E-state index contributed by atoms with van der Waals surface area (Å²) in [7, 11) is 0. The number of nitrogens with one attached hydrogen (secondary N) is 1. The highest BCUT2D eigenvalue weighted by Crippen LogP contribution is 2.45. The number of aliphatic imine (C=N–C) groups is 1. The summed E-state index contributed by atoms with van der Waals surface area (Å²) in [4.78, 5) is 20.5. The number of amides is 1. The molecule has 33 heavy (non-hydrogen) atoms. The minimum Gasteiger partial charge on any atom is -0.482 e. The summed E-state index contributed by atoms with van der Waals surface area (Å²) < 4.78 is 75.7. The number of amidine groups is 1. The van der Waals surface area contributed by atoms with Gasteiger partial charge >= 0.3 is 6.18 Å². The predicted molar refractivity (Wildman–Crippen MR) is 110 cm³/mol. The number of halogens is 5. The van der Waals surface area contributed by atoms with Crippen molar-refractivity contribution in [2.75, 3.05) is 30.9 Å². The summed E-state index contributed by atoms with van der Waals surface area (Å²) in [5.74, 6) is -2.75. The second kappa shape index (κ2) is 8.78. The Bertz CT molecular complexity index is 1110. The Morgan fingerprint density at radius 1 is 1.30 bits per heavy atom. The van der Waals surface area contributed by atoms with Crippen molar-refractivity contribution in [3.05, 3.63) is 53.4 Å². The fraction of sp³-hybridized carbons (Fsp3) is 0.350. The van der Waals surface area contributed by atoms with Crippen molar-refractivity contribution in [1.82, 2.24) is 4.98 Å². The van der Waals surface area contributed by atoms with Crippen LogP contribution in [0.3, 0.4) is 0 Å². The van der Waals surface area contributed by atoms with Crippen LogP contribution in [0.25, 0.3) is 0 Å². The number of benzene rings is 1. The lowest BCUT2D eigenvalue weighted by Gasteiger charge is -2.34. The molecule has 2 aromatic rings. The molecular formula is C20H17F5N4O3S. The van der Waals surface area contributed by atoms with Crippen LogP contribution in [0.2, 0.25) is 0 Å². The summed E-state index contributed by atoms with van der Waals surface area (Å²) in [5.41, 5.74) is 4.48. The Labute approximate surface area is 188 Å². The van der Waals surface area contributed by atoms with Crippen LogP contribution in [0, 0.1) is 17.6 Å². The Balaban J connectivity index is 1.56. The van der Waals surface area contributed by atoms with Gasteiger partial charge in [0.15, 0.2) is 23.3 Å². The van der Waals surface area contributed by atoms with Gasteiger partial charge in [0.2, 0.25) is 0 Å². The molecule has 4 rings (SSSR count). The van der Waals surface area contributed by atoms with E-state index in [1.54, 1.807) is 0 Å². The van der Waals surface area contributed by atoms with Crippen molar-refractivity contribution in [2.24, 2.45) is 16.6 Å². The van der Waals surface area contributed by atoms with Gasteiger partial charge in [-0.05, 0) is 18.2 Å². The van der Waals surface area contributed by atoms with E-state index in [0.29, 0.717) is 23.6 Å². The lowest BCUT2D eigenvalue weighted by Crippen LogP contribution is -2.40. The third kappa shape index (κ3) is 4.88. The largest absolute Gasteiger partial charge is 0.482 e. The van der Waals surface area contributed by atoms with E-state index in [2.05, 4.69) is 20.0 Å². The maximum atomic E-state index is 14.8. The van der Waals surface area contributed by atoms with Crippen molar-refractivity contribution in [1.29, 1.82) is 0 Å². The van der Waals surface area contributed by atoms with Crippen molar-refractivity contribution in [2.45, 2.75) is 11.7 Å². The number of carbonyl (C=O) groups excluding carboxylic acids is 1. The Morgan fingerprint density at radius 2 is 2.09 bits per heavy atom. The van der Waals surface area contributed by atoms with E-state index >= 15 is 0 Å². The number of alkyl halides is 3. The minimum atomic E-state index is -4.61. The fourth-order valence-corrected chi connectivity index (χ4v) is 4.62. The van der Waals surface area contributed by atoms with Gasteiger partial charge in [0.25, 0.3) is 5.91 Å². The molecule has 1 amide bonds. The van der Waals surface area contributed by atoms with Gasteiger partial charge in [0, 0.05) is 29.0 Å². The first-order valence-electron chi connectivity index (χ1n) is 9.60. The molecule has 2 aliphatic rings. The molecule has 13 heteroatoms. The Kier molecular flexibility index (Phi) is 6.18. The SMILES string of the molecule is NC1=N[C@@]2(c3cc(NC(=O)c4ncc(OCC(F)(F)F)cc4F)ccc3F)COCC2CS1. The molecule has 2 aliphatic heterocycles. The number of carbonyl (C=O) groups is 1. The van der Waals surface area contributed by atoms with E-state index in [1.807, 2.05) is 0 Å². The number of aromatic nitrogens is 1. The second-order valence-corrected chi connectivity index (χ2v) is 8.49. The fourth-order valence-electron chi connectivity index (χ4n) is 3.65. The zero-order valence-electron chi connectivity index (χ0n) is 16.8. The second-order valence-electron chi connectivity index (χ2n) is 7.45. The van der Waals surface area contributed by atoms with E-state index in [0.717, 1.165) is 12.3 Å². The number of pyridine rings is 1. The van der Waals surface area contributed by atoms with E-state index < -0.39 is 47.3 Å². The number of anilines is 1. The molecule has 0 saturated carbocycles. The highest BCUT2D eigenvalue weighted by atomic mass is 32.2. The molecule has 3 N–H and O–H groups in total. The van der Waals surface area contributed by atoms with E-state index in [4.69, 9.17) is 10.5 Å². The molecule has 0 aliphatic carbocycles. The zero-order chi connectivity index (χ0) is 23.8. The smallest absolute Gasteiger partial charge is 0.422 e. The van der Waals surface area contributed by atoms with Crippen LogP contribution in [0.1, 0.15) is 16.1 Å². The van der Waals surface area contributed by atoms with Gasteiger partial charge in [-0.1, -0.05) is 11.8 Å². The first-order chi connectivity index (χ1) is 15.6. The summed E-state index contributed by atoms with van der Waals surface area (Å²) in [6.07, 6.45) is -3.81. The van der Waals surface area contributed by atoms with Crippen LogP contribution in [-0.4, -0.2) is 47.8 Å². The van der Waals surface area contributed by atoms with E-state index in [1.165, 1.54) is 23.9 Å². The summed E-state index contributed by atoms with van der Waals surface area (Å²) in [6.45, 7) is -1.14. The molecule has 1 aromatic carbocycles. The van der Waals surface area contributed by atoms with Crippen molar-refractivity contribution >= 4 is 28.5 Å². The number of thioether (sulfide) groups is 1. The van der Waals surface area contributed by atoms with Crippen LogP contribution < -0.4 is 15.8 Å². The third-order valence-electron chi connectivity index (χ3n) is 5.18. The van der Waals surface area contributed by atoms with Gasteiger partial charge in [0.1, 0.15) is 17.1 Å². The number of fused-ring (bicyclic) bond motifs is 1. The van der Waals surface area contributed by atoms with Crippen LogP contribution in [0.15, 0.2) is 35.5 Å². The highest BCUT2D eigenvalue weighted by molar-refractivity contribution is 8.13. The first kappa shape index (κ1) is 23.2. The Hall–Kier alpha value is -2.93. The van der Waals surface area contributed by atoms with Crippen LogP contribution in [-0.2, 0) is 10.3 Å². The highest BCUT2D eigenvalue weighted by Gasteiger charge is 2.49. The number of hydrogen-bond donors (Lipinski definition) is 2. The summed E-state index contributed by atoms with van der Waals surface area (Å²) in [5, 5.41) is 2.71. The van der Waals surface area contributed by atoms with Crippen LogP contribution in [0.4, 0.5) is 27.6 Å². The maximum absolute atomic E-state index is 14.8. The molecule has 0 bridgehead atoms. The van der Waals surface area contributed by atoms with Crippen LogP contribution >= 0.6 is 11.8 Å². The molecule has 176 valence electrons. The van der Waals surface area contributed by atoms with E-state index in [9.17, 15) is 26.7 Å². The average molecular weight is 488 g/mol. The molecule has 1 saturated heterocycles. The van der Waals surface area contributed by atoms with Crippen molar-refractivity contribution < 1.29 is 36.2 Å². The first-order valence-corrected chi connectivity index (χ1v) is 10.6. The molecule has 3 heterocycles. The predicted octanol–water partition coefficient (Wildman–Crippen LogP) is 3.46. The standard InChI is InChI=1S/C20H17F5N4O3S/c21-14-2-1-11(3-13(14)19-8-31-6-10(19)7-33-18(26)29-19)28-17(30)16-15(22)4-12(5-27-16)32-9-20(23,24)25/h1-5,10H,6-9H2,(H2,26,29)(H,28,30)/t10?,19-/m0/s1. The van der Waals surface area contributed by atoms with Crippen molar-refractivity contribution in [3.8, 4) is 5.75 Å². The Morgan fingerprint density at radius 3 is 2.82 bits per heavy atom. The van der Waals surface area contributed by atoms with Gasteiger partial charge in [-0.15, -0.1) is 0 Å². The molecule has 1 aromatic heterocycles. The lowest BCUT2D eigenvalue weighted by atomic mass is 9.81. The number of ether oxygens (including phenoxy) is 2. The van der Waals surface area contributed by atoms with Crippen molar-refractivity contribution in [3.63, 3.8) is 0 Å². The molecule has 1 fully saturated rings. The molecule has 7 nitrogen and oxygen atoms in total. The molecule has 2 atom stereocenters. The number of hydrogen-bond acceptors (Lipinski definition) is 7. The van der Waals surface area contributed by atoms with Gasteiger partial charge in [-0.2, -0.15) is 13.2 Å². The average Bonchev–Trinajstić information content (AvgIpc) is 3.17. The normalized spacial score (nSPS) is 22.5. The maximum Gasteiger partial charge on any atom is 0.422 e. The third-order valence-corrected chi connectivity index (χ3v) is 6.14. The monoisotopic (exact) mass is 488 g/mol. The van der Waals surface area contributed by atoms with Crippen LogP contribution in [0.5, 0.6) is 5.75 Å². The van der Waals surface area contributed by atoms with Gasteiger partial charge in [-0.25, -0.2) is 18.8 Å². The molecule has 0 radical (unpaired) electrons. The zero-order valence-corrected chi connectivity index (χ0v) is 17.6. The number of rotatable bonds is 5. The van der Waals surface area contributed by atoms with Gasteiger partial charge in [0.05, 0.1) is 19.4 Å². The molecular weight excluding hydrogens is 471 g/mol. The topological polar surface area (TPSA) is 98.8 Å². The molecule has 0 spiro atoms. The van der Waals surface area contributed by atoms with E-state index in [-0.39, 0.29) is 23.8 Å². The molecule has 1 unspecified atom stereocenters. The summed E-state index contributed by atoms with van der Waals surface area (Å²) >= 11 is 1.35. The number of nitrogens with zero attached hydrogens (tertiary/aromatic N) is 2. The van der Waals surface area contributed by atoms with Gasteiger partial charge in [-0.3, -0.25) is 4.79 Å². The quantitative estimate of drug-likeness (QED) is 0.626.